The summed E-state index contributed by atoms with van der Waals surface area (Å²) in [6.07, 6.45) is -1.93. The molecule has 0 aliphatic carbocycles. The van der Waals surface area contributed by atoms with Crippen LogP contribution < -0.4 is 5.32 Å². The maximum Gasteiger partial charge on any atom is 0.435 e. The normalized spacial score (nSPS) is 13.9. The van der Waals surface area contributed by atoms with Gasteiger partial charge >= 0.3 is 6.18 Å². The highest BCUT2D eigenvalue weighted by Gasteiger charge is 2.33. The molecule has 0 saturated heterocycles. The van der Waals surface area contributed by atoms with E-state index < -0.39 is 11.9 Å². The Morgan fingerprint density at radius 1 is 1.47 bits per heavy atom. The van der Waals surface area contributed by atoms with E-state index in [1.54, 1.807) is 0 Å². The van der Waals surface area contributed by atoms with Crippen LogP contribution in [0.15, 0.2) is 12.3 Å². The van der Waals surface area contributed by atoms with Crippen molar-refractivity contribution in [3.8, 4) is 0 Å². The van der Waals surface area contributed by atoms with Crippen LogP contribution in [0.5, 0.6) is 0 Å². The maximum absolute atomic E-state index is 12.3. The molecule has 1 aromatic heterocycles. The molecular formula is C11H18F3N3. The summed E-state index contributed by atoms with van der Waals surface area (Å²) in [5.74, 6) is 0.252. The van der Waals surface area contributed by atoms with E-state index in [1.807, 2.05) is 6.92 Å². The Kier molecular flexibility index (Phi) is 4.99. The number of nitrogens with one attached hydrogen (secondary N) is 1. The highest BCUT2D eigenvalue weighted by molar-refractivity contribution is 5.03. The van der Waals surface area contributed by atoms with E-state index in [1.165, 1.54) is 10.9 Å². The summed E-state index contributed by atoms with van der Waals surface area (Å²) in [6, 6.07) is 1.01. The van der Waals surface area contributed by atoms with Crippen molar-refractivity contribution < 1.29 is 13.2 Å². The van der Waals surface area contributed by atoms with Gasteiger partial charge in [-0.25, -0.2) is 0 Å². The summed E-state index contributed by atoms with van der Waals surface area (Å²) >= 11 is 0. The third-order valence-corrected chi connectivity index (χ3v) is 2.35. The third kappa shape index (κ3) is 4.77. The van der Waals surface area contributed by atoms with Crippen LogP contribution in [0, 0.1) is 5.92 Å². The summed E-state index contributed by atoms with van der Waals surface area (Å²) in [5, 5.41) is 6.74. The lowest BCUT2D eigenvalue weighted by atomic mass is 10.2. The molecule has 0 amide bonds. The number of halogens is 3. The molecule has 17 heavy (non-hydrogen) atoms. The van der Waals surface area contributed by atoms with Crippen molar-refractivity contribution in [2.24, 2.45) is 5.92 Å². The summed E-state index contributed by atoms with van der Waals surface area (Å²) < 4.78 is 38.2. The van der Waals surface area contributed by atoms with E-state index >= 15 is 0 Å². The standard InChI is InChI=1S/C11H18F3N3/c1-3-5-15-7-9(2)8-17-6-4-10(16-17)11(12,13)14/h4,6,9,15H,3,5,7-8H2,1-2H3. The SMILES string of the molecule is CCCNCC(C)Cn1ccc(C(F)(F)F)n1. The second-order valence-corrected chi connectivity index (χ2v) is 4.23. The van der Waals surface area contributed by atoms with Crippen LogP contribution in [0.3, 0.4) is 0 Å². The van der Waals surface area contributed by atoms with Crippen LogP contribution in [0.4, 0.5) is 13.2 Å². The molecule has 6 heteroatoms. The molecule has 0 spiro atoms. The molecule has 3 nitrogen and oxygen atoms in total. The van der Waals surface area contributed by atoms with Crippen molar-refractivity contribution >= 4 is 0 Å². The van der Waals surface area contributed by atoms with E-state index in [2.05, 4.69) is 17.3 Å². The topological polar surface area (TPSA) is 29.9 Å². The van der Waals surface area contributed by atoms with E-state index in [4.69, 9.17) is 0 Å². The molecule has 98 valence electrons. The van der Waals surface area contributed by atoms with Gasteiger partial charge < -0.3 is 5.32 Å². The Morgan fingerprint density at radius 3 is 2.71 bits per heavy atom. The van der Waals surface area contributed by atoms with Gasteiger partial charge in [-0.1, -0.05) is 13.8 Å². The highest BCUT2D eigenvalue weighted by Crippen LogP contribution is 2.27. The zero-order valence-corrected chi connectivity index (χ0v) is 10.1. The third-order valence-electron chi connectivity index (χ3n) is 2.35. The fraction of sp³-hybridized carbons (Fsp3) is 0.727. The monoisotopic (exact) mass is 249 g/mol. The summed E-state index contributed by atoms with van der Waals surface area (Å²) in [7, 11) is 0. The van der Waals surface area contributed by atoms with Crippen molar-refractivity contribution in [2.75, 3.05) is 13.1 Å². The van der Waals surface area contributed by atoms with E-state index in [0.29, 0.717) is 6.54 Å². The lowest BCUT2D eigenvalue weighted by Crippen LogP contribution is -2.25. The Balaban J connectivity index is 2.43. The van der Waals surface area contributed by atoms with Crippen LogP contribution in [-0.4, -0.2) is 22.9 Å². The fourth-order valence-corrected chi connectivity index (χ4v) is 1.52. The minimum atomic E-state index is -4.35. The molecule has 1 unspecified atom stereocenters. The number of hydrogen-bond donors (Lipinski definition) is 1. The molecule has 1 atom stereocenters. The fourth-order valence-electron chi connectivity index (χ4n) is 1.52. The quantitative estimate of drug-likeness (QED) is 0.785. The largest absolute Gasteiger partial charge is 0.435 e. The molecule has 1 aromatic rings. The second-order valence-electron chi connectivity index (χ2n) is 4.23. The molecule has 1 rings (SSSR count). The first-order chi connectivity index (χ1) is 7.93. The van der Waals surface area contributed by atoms with E-state index in [0.717, 1.165) is 25.6 Å². The van der Waals surface area contributed by atoms with Gasteiger partial charge in [0.1, 0.15) is 0 Å². The van der Waals surface area contributed by atoms with E-state index in [9.17, 15) is 13.2 Å². The number of aromatic nitrogens is 2. The van der Waals surface area contributed by atoms with Gasteiger partial charge in [0.2, 0.25) is 0 Å². The number of rotatable bonds is 6. The van der Waals surface area contributed by atoms with Gasteiger partial charge in [0.05, 0.1) is 0 Å². The van der Waals surface area contributed by atoms with Gasteiger partial charge in [0.15, 0.2) is 5.69 Å². The van der Waals surface area contributed by atoms with Crippen molar-refractivity contribution in [1.82, 2.24) is 15.1 Å². The van der Waals surface area contributed by atoms with Gasteiger partial charge in [0.25, 0.3) is 0 Å². The summed E-state index contributed by atoms with van der Waals surface area (Å²) in [6.45, 7) is 6.26. The Labute approximate surface area is 99.0 Å². The van der Waals surface area contributed by atoms with Gasteiger partial charge in [-0.05, 0) is 31.5 Å². The van der Waals surface area contributed by atoms with Crippen LogP contribution in [-0.2, 0) is 12.7 Å². The molecule has 0 fully saturated rings. The van der Waals surface area contributed by atoms with Crippen molar-refractivity contribution in [1.29, 1.82) is 0 Å². The Bertz CT molecular complexity index is 333. The summed E-state index contributed by atoms with van der Waals surface area (Å²) in [5.41, 5.74) is -0.828. The molecule has 0 bridgehead atoms. The first-order valence-electron chi connectivity index (χ1n) is 5.75. The maximum atomic E-state index is 12.3. The van der Waals surface area contributed by atoms with Gasteiger partial charge in [-0.15, -0.1) is 0 Å². The predicted octanol–water partition coefficient (Wildman–Crippen LogP) is 2.54. The van der Waals surface area contributed by atoms with Crippen LogP contribution in [0.25, 0.3) is 0 Å². The first-order valence-corrected chi connectivity index (χ1v) is 5.75. The van der Waals surface area contributed by atoms with Gasteiger partial charge in [0, 0.05) is 12.7 Å². The zero-order valence-electron chi connectivity index (χ0n) is 10.1. The summed E-state index contributed by atoms with van der Waals surface area (Å²) in [4.78, 5) is 0. The van der Waals surface area contributed by atoms with Crippen LogP contribution in [0.1, 0.15) is 26.0 Å². The van der Waals surface area contributed by atoms with Gasteiger partial charge in [-0.2, -0.15) is 18.3 Å². The molecular weight excluding hydrogens is 231 g/mol. The smallest absolute Gasteiger partial charge is 0.316 e. The number of alkyl halides is 3. The molecule has 0 aliphatic heterocycles. The average Bonchev–Trinajstić information content (AvgIpc) is 2.66. The molecule has 0 aromatic carbocycles. The van der Waals surface area contributed by atoms with Crippen molar-refractivity contribution in [3.63, 3.8) is 0 Å². The van der Waals surface area contributed by atoms with E-state index in [-0.39, 0.29) is 5.92 Å². The van der Waals surface area contributed by atoms with Gasteiger partial charge in [-0.3, -0.25) is 4.68 Å². The molecule has 0 aliphatic rings. The Hall–Kier alpha value is -1.04. The van der Waals surface area contributed by atoms with Crippen molar-refractivity contribution in [2.45, 2.75) is 33.0 Å². The lowest BCUT2D eigenvalue weighted by molar-refractivity contribution is -0.141. The predicted molar refractivity (Wildman–Crippen MR) is 59.6 cm³/mol. The second kappa shape index (κ2) is 6.05. The van der Waals surface area contributed by atoms with Crippen LogP contribution in [0.2, 0.25) is 0 Å². The zero-order chi connectivity index (χ0) is 12.9. The van der Waals surface area contributed by atoms with Crippen molar-refractivity contribution in [3.05, 3.63) is 18.0 Å². The lowest BCUT2D eigenvalue weighted by Gasteiger charge is -2.12. The average molecular weight is 249 g/mol. The van der Waals surface area contributed by atoms with Crippen LogP contribution >= 0.6 is 0 Å². The minimum Gasteiger partial charge on any atom is -0.316 e. The minimum absolute atomic E-state index is 0.252. The molecule has 1 heterocycles. The number of hydrogen-bond acceptors (Lipinski definition) is 2. The molecule has 1 N–H and O–H groups in total. The number of nitrogens with zero attached hydrogens (tertiary/aromatic N) is 2. The molecule has 0 saturated carbocycles. The molecule has 0 radical (unpaired) electrons. The highest BCUT2D eigenvalue weighted by atomic mass is 19.4. The first kappa shape index (κ1) is 14.0. The Morgan fingerprint density at radius 2 is 2.18 bits per heavy atom.